The van der Waals surface area contributed by atoms with Gasteiger partial charge in [-0.25, -0.2) is 4.98 Å². The van der Waals surface area contributed by atoms with Crippen molar-refractivity contribution < 1.29 is 17.4 Å². The Morgan fingerprint density at radius 1 is 1.33 bits per heavy atom. The van der Waals surface area contributed by atoms with Crippen molar-refractivity contribution in [3.05, 3.63) is 23.9 Å². The molecule has 18 heavy (non-hydrogen) atoms. The van der Waals surface area contributed by atoms with Gasteiger partial charge in [-0.1, -0.05) is 0 Å². The van der Waals surface area contributed by atoms with Crippen LogP contribution in [0.5, 0.6) is 0 Å². The summed E-state index contributed by atoms with van der Waals surface area (Å²) >= 11 is 0. The van der Waals surface area contributed by atoms with Crippen LogP contribution in [-0.2, 0) is 17.0 Å². The number of alkyl halides is 3. The number of nitrogens with one attached hydrogen (secondary N) is 1. The van der Waals surface area contributed by atoms with E-state index in [1.54, 1.807) is 0 Å². The summed E-state index contributed by atoms with van der Waals surface area (Å²) in [6, 6.07) is 2.19. The number of rotatable bonds is 2. The summed E-state index contributed by atoms with van der Waals surface area (Å²) in [4.78, 5) is 3.75. The SMILES string of the molecule is O=S1CCC(Nc2ncccc2C(F)(F)F)CC1. The molecule has 0 aromatic carbocycles. The third-order valence-corrected chi connectivity index (χ3v) is 4.22. The molecule has 0 unspecified atom stereocenters. The Bertz CT molecular complexity index is 440. The summed E-state index contributed by atoms with van der Waals surface area (Å²) in [6.45, 7) is 0. The quantitative estimate of drug-likeness (QED) is 0.903. The minimum atomic E-state index is -4.41. The van der Waals surface area contributed by atoms with Crippen molar-refractivity contribution in [1.29, 1.82) is 0 Å². The van der Waals surface area contributed by atoms with E-state index < -0.39 is 22.5 Å². The normalized spacial score (nSPS) is 24.8. The molecule has 100 valence electrons. The smallest absolute Gasteiger partial charge is 0.367 e. The third kappa shape index (κ3) is 3.22. The van der Waals surface area contributed by atoms with Gasteiger partial charge in [0.15, 0.2) is 0 Å². The van der Waals surface area contributed by atoms with Crippen molar-refractivity contribution in [2.45, 2.75) is 25.1 Å². The number of hydrogen-bond acceptors (Lipinski definition) is 3. The fourth-order valence-corrected chi connectivity index (χ4v) is 3.18. The largest absolute Gasteiger partial charge is 0.419 e. The average Bonchev–Trinajstić information content (AvgIpc) is 2.31. The monoisotopic (exact) mass is 278 g/mol. The van der Waals surface area contributed by atoms with E-state index in [0.717, 1.165) is 6.07 Å². The maximum absolute atomic E-state index is 12.7. The molecule has 0 bridgehead atoms. The molecule has 1 aromatic heterocycles. The highest BCUT2D eigenvalue weighted by atomic mass is 32.2. The maximum Gasteiger partial charge on any atom is 0.419 e. The van der Waals surface area contributed by atoms with E-state index >= 15 is 0 Å². The van der Waals surface area contributed by atoms with Crippen molar-refractivity contribution in [1.82, 2.24) is 4.98 Å². The Kier molecular flexibility index (Phi) is 3.89. The van der Waals surface area contributed by atoms with Gasteiger partial charge in [0.25, 0.3) is 0 Å². The van der Waals surface area contributed by atoms with Crippen LogP contribution in [0.3, 0.4) is 0 Å². The standard InChI is InChI=1S/C11H13F3N2OS/c12-11(13,14)9-2-1-5-15-10(9)16-8-3-6-18(17)7-4-8/h1-2,5,8H,3-4,6-7H2,(H,15,16). The van der Waals surface area contributed by atoms with Gasteiger partial charge in [0.05, 0.1) is 5.56 Å². The molecular formula is C11H13F3N2OS. The van der Waals surface area contributed by atoms with Gasteiger partial charge in [0.1, 0.15) is 5.82 Å². The first kappa shape index (κ1) is 13.3. The first-order valence-electron chi connectivity index (χ1n) is 5.60. The molecule has 0 spiro atoms. The lowest BCUT2D eigenvalue weighted by Gasteiger charge is -2.24. The van der Waals surface area contributed by atoms with E-state index in [1.165, 1.54) is 12.3 Å². The fraction of sp³-hybridized carbons (Fsp3) is 0.545. The molecular weight excluding hydrogens is 265 g/mol. The Labute approximate surface area is 105 Å². The highest BCUT2D eigenvalue weighted by molar-refractivity contribution is 7.85. The predicted octanol–water partition coefficient (Wildman–Crippen LogP) is 2.42. The van der Waals surface area contributed by atoms with E-state index in [-0.39, 0.29) is 11.9 Å². The van der Waals surface area contributed by atoms with Crippen LogP contribution < -0.4 is 5.32 Å². The van der Waals surface area contributed by atoms with Gasteiger partial charge in [-0.3, -0.25) is 4.21 Å². The summed E-state index contributed by atoms with van der Waals surface area (Å²) in [6.07, 6.45) is -1.85. The number of halogens is 3. The molecule has 7 heteroatoms. The lowest BCUT2D eigenvalue weighted by atomic mass is 10.1. The highest BCUT2D eigenvalue weighted by Gasteiger charge is 2.34. The van der Waals surface area contributed by atoms with Crippen LogP contribution in [0, 0.1) is 0 Å². The zero-order chi connectivity index (χ0) is 13.2. The average molecular weight is 278 g/mol. The van der Waals surface area contributed by atoms with Crippen LogP contribution in [0.2, 0.25) is 0 Å². The van der Waals surface area contributed by atoms with Crippen LogP contribution in [0.4, 0.5) is 19.0 Å². The van der Waals surface area contributed by atoms with Gasteiger partial charge in [-0.05, 0) is 25.0 Å². The topological polar surface area (TPSA) is 42.0 Å². The molecule has 2 heterocycles. The number of anilines is 1. The summed E-state index contributed by atoms with van der Waals surface area (Å²) in [7, 11) is -0.824. The Balaban J connectivity index is 2.12. The summed E-state index contributed by atoms with van der Waals surface area (Å²) in [5.74, 6) is 0.931. The van der Waals surface area contributed by atoms with Crippen LogP contribution in [-0.4, -0.2) is 26.7 Å². The molecule has 1 aliphatic rings. The Hall–Kier alpha value is -1.11. The van der Waals surface area contributed by atoms with Crippen molar-refractivity contribution in [3.8, 4) is 0 Å². The summed E-state index contributed by atoms with van der Waals surface area (Å²) in [5.41, 5.74) is -0.753. The van der Waals surface area contributed by atoms with Gasteiger partial charge in [0, 0.05) is 34.5 Å². The van der Waals surface area contributed by atoms with Crippen LogP contribution >= 0.6 is 0 Å². The molecule has 1 fully saturated rings. The molecule has 0 saturated carbocycles. The first-order valence-corrected chi connectivity index (χ1v) is 7.09. The van der Waals surface area contributed by atoms with E-state index in [0.29, 0.717) is 24.3 Å². The first-order chi connectivity index (χ1) is 8.47. The van der Waals surface area contributed by atoms with Gasteiger partial charge in [0.2, 0.25) is 0 Å². The van der Waals surface area contributed by atoms with Gasteiger partial charge in [-0.2, -0.15) is 13.2 Å². The number of pyridine rings is 1. The highest BCUT2D eigenvalue weighted by Crippen LogP contribution is 2.34. The van der Waals surface area contributed by atoms with Crippen LogP contribution in [0.15, 0.2) is 18.3 Å². The zero-order valence-electron chi connectivity index (χ0n) is 9.54. The van der Waals surface area contributed by atoms with Crippen LogP contribution in [0.25, 0.3) is 0 Å². The number of nitrogens with zero attached hydrogens (tertiary/aromatic N) is 1. The molecule has 0 atom stereocenters. The summed E-state index contributed by atoms with van der Waals surface area (Å²) in [5, 5.41) is 2.81. The van der Waals surface area contributed by atoms with E-state index in [9.17, 15) is 17.4 Å². The zero-order valence-corrected chi connectivity index (χ0v) is 10.4. The maximum atomic E-state index is 12.7. The van der Waals surface area contributed by atoms with E-state index in [2.05, 4.69) is 10.3 Å². The second kappa shape index (κ2) is 5.26. The minimum absolute atomic E-state index is 0.0845. The molecule has 1 aromatic rings. The molecule has 1 aliphatic heterocycles. The molecule has 0 amide bonds. The van der Waals surface area contributed by atoms with Gasteiger partial charge < -0.3 is 5.32 Å². The Morgan fingerprint density at radius 3 is 2.61 bits per heavy atom. The van der Waals surface area contributed by atoms with Gasteiger partial charge in [-0.15, -0.1) is 0 Å². The van der Waals surface area contributed by atoms with Crippen LogP contribution in [0.1, 0.15) is 18.4 Å². The molecule has 0 radical (unpaired) electrons. The number of aromatic nitrogens is 1. The molecule has 1 N–H and O–H groups in total. The van der Waals surface area contributed by atoms with E-state index in [1.807, 2.05) is 0 Å². The van der Waals surface area contributed by atoms with Gasteiger partial charge >= 0.3 is 6.18 Å². The van der Waals surface area contributed by atoms with Crippen molar-refractivity contribution in [2.75, 3.05) is 16.8 Å². The molecule has 1 saturated heterocycles. The second-order valence-electron chi connectivity index (χ2n) is 4.16. The molecule has 0 aliphatic carbocycles. The lowest BCUT2D eigenvalue weighted by Crippen LogP contribution is -2.30. The van der Waals surface area contributed by atoms with Crippen molar-refractivity contribution in [3.63, 3.8) is 0 Å². The third-order valence-electron chi connectivity index (χ3n) is 2.84. The lowest BCUT2D eigenvalue weighted by molar-refractivity contribution is -0.137. The Morgan fingerprint density at radius 2 is 2.00 bits per heavy atom. The predicted molar refractivity (Wildman–Crippen MR) is 63.8 cm³/mol. The fourth-order valence-electron chi connectivity index (χ4n) is 1.88. The molecule has 3 nitrogen and oxygen atoms in total. The van der Waals surface area contributed by atoms with Crippen molar-refractivity contribution >= 4 is 16.6 Å². The second-order valence-corrected chi connectivity index (χ2v) is 5.86. The summed E-state index contributed by atoms with van der Waals surface area (Å²) < 4.78 is 49.4. The number of hydrogen-bond donors (Lipinski definition) is 1. The van der Waals surface area contributed by atoms with Crippen molar-refractivity contribution in [2.24, 2.45) is 0 Å². The molecule has 2 rings (SSSR count). The minimum Gasteiger partial charge on any atom is -0.367 e. The van der Waals surface area contributed by atoms with E-state index in [4.69, 9.17) is 0 Å².